The molecule has 2 heterocycles. The van der Waals surface area contributed by atoms with Crippen molar-refractivity contribution in [3.63, 3.8) is 0 Å². The third-order valence-electron chi connectivity index (χ3n) is 9.04. The lowest BCUT2D eigenvalue weighted by molar-refractivity contribution is -0.438. The Kier molecular flexibility index (Phi) is 10.9. The summed E-state index contributed by atoms with van der Waals surface area (Å²) in [4.78, 5) is 13.3. The minimum Gasteiger partial charge on any atom is -0.481 e. The number of allylic oxidation sites excluding steroid dienone is 4. The molecule has 0 radical (unpaired) electrons. The van der Waals surface area contributed by atoms with Gasteiger partial charge in [0.25, 0.3) is 20.2 Å². The smallest absolute Gasteiger partial charge is 0.303 e. The predicted octanol–water partition coefficient (Wildman–Crippen LogP) is 5.26. The van der Waals surface area contributed by atoms with Crippen LogP contribution in [0.2, 0.25) is 0 Å². The lowest BCUT2D eigenvalue weighted by Gasteiger charge is -2.26. The summed E-state index contributed by atoms with van der Waals surface area (Å²) in [6.07, 6.45) is 8.20. The normalized spacial score (nSPS) is 17.9. The van der Waals surface area contributed by atoms with Crippen molar-refractivity contribution in [1.29, 1.82) is 0 Å². The van der Waals surface area contributed by atoms with Gasteiger partial charge in [-0.25, -0.2) is 0 Å². The number of unbranched alkanes of at least 4 members (excludes halogenated alkanes) is 2. The minimum absolute atomic E-state index is 0.0784. The Balaban J connectivity index is 1.78. The molecule has 0 saturated carbocycles. The lowest BCUT2D eigenvalue weighted by Crippen LogP contribution is -2.29. The number of carboxylic acid groups (broad SMARTS) is 1. The molecule has 2 aromatic carbocycles. The molecular formula is C34H45N2O9S2+. The highest BCUT2D eigenvalue weighted by atomic mass is 32.2. The van der Waals surface area contributed by atoms with Gasteiger partial charge in [0, 0.05) is 61.0 Å². The van der Waals surface area contributed by atoms with Gasteiger partial charge >= 0.3 is 5.97 Å². The fourth-order valence-corrected chi connectivity index (χ4v) is 7.81. The van der Waals surface area contributed by atoms with Crippen LogP contribution in [-0.4, -0.2) is 79.2 Å². The Morgan fingerprint density at radius 2 is 1.49 bits per heavy atom. The Labute approximate surface area is 278 Å². The van der Waals surface area contributed by atoms with E-state index in [9.17, 15) is 21.6 Å². The van der Waals surface area contributed by atoms with Crippen molar-refractivity contribution in [2.24, 2.45) is 0 Å². The standard InChI is InChI=1S/C34H44N2O9S2/c1-33(2)26-22-24(46(39,40)44-6)15-17-28(26)35(19-10-8-9-14-32(37)38)30(33)12-11-13-31-34(3,4)27-23-25(47(41,42)45-7)16-18-29(27)36(31)20-21-43-5/h11-13,15-18,22-23H,8-10,14,19-21H2,1-7H3/p+1. The third kappa shape index (κ3) is 7.24. The number of carbonyl (C=O) groups is 1. The van der Waals surface area contributed by atoms with Gasteiger partial charge in [0.2, 0.25) is 5.69 Å². The van der Waals surface area contributed by atoms with Crippen LogP contribution in [0.15, 0.2) is 70.1 Å². The lowest BCUT2D eigenvalue weighted by atomic mass is 9.81. The van der Waals surface area contributed by atoms with E-state index in [0.29, 0.717) is 26.1 Å². The van der Waals surface area contributed by atoms with Crippen LogP contribution in [0.3, 0.4) is 0 Å². The minimum atomic E-state index is -3.90. The van der Waals surface area contributed by atoms with Crippen molar-refractivity contribution in [2.45, 2.75) is 74.0 Å². The van der Waals surface area contributed by atoms with Gasteiger partial charge in [-0.05, 0) is 68.7 Å². The fraction of sp³-hybridized carbons (Fsp3) is 0.471. The van der Waals surface area contributed by atoms with Gasteiger partial charge in [0.1, 0.15) is 6.54 Å². The Morgan fingerprint density at radius 3 is 2.09 bits per heavy atom. The molecule has 0 amide bonds. The van der Waals surface area contributed by atoms with E-state index in [4.69, 9.17) is 18.2 Å². The maximum atomic E-state index is 12.6. The first-order valence-electron chi connectivity index (χ1n) is 15.4. The van der Waals surface area contributed by atoms with Gasteiger partial charge in [-0.15, -0.1) is 0 Å². The van der Waals surface area contributed by atoms with Crippen molar-refractivity contribution in [1.82, 2.24) is 0 Å². The molecule has 2 aromatic rings. The molecule has 0 aromatic heterocycles. The van der Waals surface area contributed by atoms with Crippen molar-refractivity contribution in [3.8, 4) is 0 Å². The molecule has 11 nitrogen and oxygen atoms in total. The number of hydrogen-bond acceptors (Lipinski definition) is 9. The molecule has 13 heteroatoms. The summed E-state index contributed by atoms with van der Waals surface area (Å²) >= 11 is 0. The summed E-state index contributed by atoms with van der Waals surface area (Å²) in [6, 6.07) is 10.0. The van der Waals surface area contributed by atoms with Gasteiger partial charge < -0.3 is 14.7 Å². The van der Waals surface area contributed by atoms with E-state index in [1.54, 1.807) is 43.5 Å². The van der Waals surface area contributed by atoms with E-state index in [2.05, 4.69) is 9.48 Å². The van der Waals surface area contributed by atoms with Crippen LogP contribution in [0.5, 0.6) is 0 Å². The second kappa shape index (κ2) is 14.0. The molecule has 0 unspecified atom stereocenters. The summed E-state index contributed by atoms with van der Waals surface area (Å²) in [7, 11) is -3.87. The highest BCUT2D eigenvalue weighted by molar-refractivity contribution is 7.87. The topological polar surface area (TPSA) is 140 Å². The van der Waals surface area contributed by atoms with E-state index in [0.717, 1.165) is 61.0 Å². The molecule has 0 aliphatic carbocycles. The molecule has 0 fully saturated rings. The van der Waals surface area contributed by atoms with Crippen LogP contribution in [0.1, 0.15) is 64.5 Å². The molecule has 256 valence electrons. The van der Waals surface area contributed by atoms with Gasteiger partial charge in [0.05, 0.1) is 36.0 Å². The number of ether oxygens (including phenoxy) is 1. The molecule has 2 aliphatic rings. The predicted molar refractivity (Wildman–Crippen MR) is 180 cm³/mol. The quantitative estimate of drug-likeness (QED) is 0.150. The number of hydrogen-bond donors (Lipinski definition) is 1. The Bertz CT molecular complexity index is 1840. The monoisotopic (exact) mass is 689 g/mol. The number of rotatable bonds is 15. The van der Waals surface area contributed by atoms with Crippen LogP contribution >= 0.6 is 0 Å². The maximum absolute atomic E-state index is 12.6. The van der Waals surface area contributed by atoms with Crippen molar-refractivity contribution < 1.29 is 44.4 Å². The van der Waals surface area contributed by atoms with Crippen LogP contribution in [0, 0.1) is 0 Å². The summed E-state index contributed by atoms with van der Waals surface area (Å²) < 4.78 is 67.4. The first kappa shape index (κ1) is 36.5. The number of aliphatic carboxylic acids is 1. The highest BCUT2D eigenvalue weighted by Gasteiger charge is 2.45. The van der Waals surface area contributed by atoms with Crippen molar-refractivity contribution >= 4 is 43.3 Å². The molecule has 0 bridgehead atoms. The molecule has 2 aliphatic heterocycles. The zero-order chi connectivity index (χ0) is 34.8. The van der Waals surface area contributed by atoms with Crippen molar-refractivity contribution in [2.75, 3.05) is 45.9 Å². The second-order valence-corrected chi connectivity index (χ2v) is 16.1. The van der Waals surface area contributed by atoms with Gasteiger partial charge in [-0.3, -0.25) is 13.2 Å². The third-order valence-corrected chi connectivity index (χ3v) is 11.6. The average Bonchev–Trinajstić information content (AvgIpc) is 3.37. The van der Waals surface area contributed by atoms with E-state index in [1.165, 1.54) is 0 Å². The molecule has 0 saturated heterocycles. The Hall–Kier alpha value is -3.36. The summed E-state index contributed by atoms with van der Waals surface area (Å²) in [5.74, 6) is -0.819. The summed E-state index contributed by atoms with van der Waals surface area (Å²) in [6.45, 7) is 9.81. The summed E-state index contributed by atoms with van der Waals surface area (Å²) in [5, 5.41) is 9.05. The fourth-order valence-electron chi connectivity index (χ4n) is 6.43. The largest absolute Gasteiger partial charge is 0.481 e. The zero-order valence-corrected chi connectivity index (χ0v) is 29.7. The summed E-state index contributed by atoms with van der Waals surface area (Å²) in [5.41, 5.74) is 4.25. The number of anilines is 1. The van der Waals surface area contributed by atoms with Gasteiger partial charge in [-0.1, -0.05) is 19.9 Å². The first-order valence-corrected chi connectivity index (χ1v) is 18.3. The molecular weight excluding hydrogens is 645 g/mol. The molecule has 47 heavy (non-hydrogen) atoms. The number of methoxy groups -OCH3 is 1. The molecule has 0 spiro atoms. The van der Waals surface area contributed by atoms with Crippen LogP contribution in [0.25, 0.3) is 0 Å². The van der Waals surface area contributed by atoms with Gasteiger partial charge in [-0.2, -0.15) is 21.4 Å². The van der Waals surface area contributed by atoms with Crippen LogP contribution in [0.4, 0.5) is 11.4 Å². The van der Waals surface area contributed by atoms with Crippen LogP contribution in [-0.2, 0) is 49.0 Å². The van der Waals surface area contributed by atoms with E-state index in [-0.39, 0.29) is 16.2 Å². The number of nitrogens with zero attached hydrogens (tertiary/aromatic N) is 2. The maximum Gasteiger partial charge on any atom is 0.303 e. The number of benzene rings is 2. The van der Waals surface area contributed by atoms with E-state index >= 15 is 0 Å². The SMILES string of the molecule is COCCN1/C(=C/C=C/C2=[N+](CCCCCC(=O)O)c3ccc(S(=O)(=O)OC)cc3C2(C)C)C(C)(C)c2cc(S(=O)(=O)OC)ccc21. The van der Waals surface area contributed by atoms with Crippen LogP contribution < -0.4 is 4.90 Å². The van der Waals surface area contributed by atoms with E-state index in [1.807, 2.05) is 45.9 Å². The number of fused-ring (bicyclic) bond motifs is 2. The molecule has 4 rings (SSSR count). The average molecular weight is 690 g/mol. The number of carboxylic acids is 1. The van der Waals surface area contributed by atoms with E-state index < -0.39 is 37.0 Å². The first-order chi connectivity index (χ1) is 22.0. The second-order valence-electron chi connectivity index (χ2n) is 12.6. The Morgan fingerprint density at radius 1 is 0.872 bits per heavy atom. The molecule has 1 N–H and O–H groups in total. The zero-order valence-electron chi connectivity index (χ0n) is 28.1. The van der Waals surface area contributed by atoms with Gasteiger partial charge in [0.15, 0.2) is 5.71 Å². The highest BCUT2D eigenvalue weighted by Crippen LogP contribution is 2.48. The molecule has 0 atom stereocenters. The van der Waals surface area contributed by atoms with Crippen molar-refractivity contribution in [3.05, 3.63) is 71.5 Å².